The number of rotatable bonds is 5. The number of sulfonamides is 1. The Morgan fingerprint density at radius 1 is 1.13 bits per heavy atom. The van der Waals surface area contributed by atoms with Crippen molar-refractivity contribution in [1.82, 2.24) is 4.72 Å². The molecule has 0 saturated carbocycles. The number of hydrogen-bond donors (Lipinski definition) is 2. The highest BCUT2D eigenvalue weighted by molar-refractivity contribution is 7.89. The third-order valence-corrected chi connectivity index (χ3v) is 4.68. The smallest absolute Gasteiger partial charge is 0.241 e. The van der Waals surface area contributed by atoms with Gasteiger partial charge < -0.3 is 5.32 Å². The van der Waals surface area contributed by atoms with Gasteiger partial charge in [0, 0.05) is 18.7 Å². The molecule has 7 heteroatoms. The molecule has 0 aliphatic carbocycles. The van der Waals surface area contributed by atoms with E-state index in [1.165, 1.54) is 25.1 Å². The quantitative estimate of drug-likeness (QED) is 0.881. The van der Waals surface area contributed by atoms with E-state index in [9.17, 15) is 17.6 Å². The molecule has 0 aromatic heterocycles. The van der Waals surface area contributed by atoms with Gasteiger partial charge in [0.05, 0.1) is 4.90 Å². The third kappa shape index (κ3) is 4.61. The first kappa shape index (κ1) is 17.1. The Labute approximate surface area is 134 Å². The highest BCUT2D eigenvalue weighted by Gasteiger charge is 2.19. The second-order valence-corrected chi connectivity index (χ2v) is 6.82. The Bertz CT molecular complexity index is 822. The standard InChI is InChI=1S/C16H17FN2O3S/c1-11(13-5-3-7-15(9-13)18-12(2)20)19-23(21,22)16-8-4-6-14(17)10-16/h3-11,19H,1-2H3,(H,18,20). The van der Waals surface area contributed by atoms with Crippen LogP contribution in [0.3, 0.4) is 0 Å². The van der Waals surface area contributed by atoms with Crippen molar-refractivity contribution in [1.29, 1.82) is 0 Å². The maximum absolute atomic E-state index is 13.2. The molecule has 1 amide bonds. The summed E-state index contributed by atoms with van der Waals surface area (Å²) >= 11 is 0. The van der Waals surface area contributed by atoms with Crippen LogP contribution in [0.1, 0.15) is 25.5 Å². The second kappa shape index (κ2) is 6.89. The number of anilines is 1. The van der Waals surface area contributed by atoms with Gasteiger partial charge in [-0.3, -0.25) is 4.79 Å². The molecule has 1 atom stereocenters. The molecule has 0 saturated heterocycles. The first-order valence-electron chi connectivity index (χ1n) is 6.93. The van der Waals surface area contributed by atoms with Crippen LogP contribution in [-0.2, 0) is 14.8 Å². The average Bonchev–Trinajstić information content (AvgIpc) is 2.46. The number of hydrogen-bond acceptors (Lipinski definition) is 3. The summed E-state index contributed by atoms with van der Waals surface area (Å²) < 4.78 is 40.3. The predicted octanol–water partition coefficient (Wildman–Crippen LogP) is 2.82. The molecule has 2 aromatic carbocycles. The minimum absolute atomic E-state index is 0.137. The number of benzene rings is 2. The number of carbonyl (C=O) groups excluding carboxylic acids is 1. The van der Waals surface area contributed by atoms with Crippen molar-refractivity contribution in [2.24, 2.45) is 0 Å². The highest BCUT2D eigenvalue weighted by Crippen LogP contribution is 2.20. The Morgan fingerprint density at radius 3 is 2.48 bits per heavy atom. The van der Waals surface area contributed by atoms with E-state index < -0.39 is 21.9 Å². The summed E-state index contributed by atoms with van der Waals surface area (Å²) in [5.74, 6) is -0.830. The fourth-order valence-corrected chi connectivity index (χ4v) is 3.36. The van der Waals surface area contributed by atoms with Gasteiger partial charge in [-0.15, -0.1) is 0 Å². The van der Waals surface area contributed by atoms with Crippen LogP contribution < -0.4 is 10.0 Å². The monoisotopic (exact) mass is 336 g/mol. The Hall–Kier alpha value is -2.25. The van der Waals surface area contributed by atoms with Gasteiger partial charge in [0.25, 0.3) is 0 Å². The first-order chi connectivity index (χ1) is 10.8. The predicted molar refractivity (Wildman–Crippen MR) is 85.9 cm³/mol. The van der Waals surface area contributed by atoms with Crippen molar-refractivity contribution >= 4 is 21.6 Å². The molecular formula is C16H17FN2O3S. The molecule has 0 spiro atoms. The molecule has 0 fully saturated rings. The molecule has 122 valence electrons. The van der Waals surface area contributed by atoms with Crippen molar-refractivity contribution in [2.75, 3.05) is 5.32 Å². The molecule has 2 N–H and O–H groups in total. The number of halogens is 1. The van der Waals surface area contributed by atoms with E-state index in [0.29, 0.717) is 11.3 Å². The SMILES string of the molecule is CC(=O)Nc1cccc(C(C)NS(=O)(=O)c2cccc(F)c2)c1. The summed E-state index contributed by atoms with van der Waals surface area (Å²) in [4.78, 5) is 10.9. The van der Waals surface area contributed by atoms with Gasteiger partial charge in [0.15, 0.2) is 0 Å². The fraction of sp³-hybridized carbons (Fsp3) is 0.188. The average molecular weight is 336 g/mol. The molecule has 2 aromatic rings. The van der Waals surface area contributed by atoms with Gasteiger partial charge in [-0.2, -0.15) is 0 Å². The van der Waals surface area contributed by atoms with Crippen molar-refractivity contribution in [3.8, 4) is 0 Å². The molecular weight excluding hydrogens is 319 g/mol. The topological polar surface area (TPSA) is 75.3 Å². The van der Waals surface area contributed by atoms with Gasteiger partial charge in [-0.25, -0.2) is 17.5 Å². The van der Waals surface area contributed by atoms with Gasteiger partial charge >= 0.3 is 0 Å². The van der Waals surface area contributed by atoms with Crippen molar-refractivity contribution in [2.45, 2.75) is 24.8 Å². The molecule has 0 heterocycles. The van der Waals surface area contributed by atoms with E-state index >= 15 is 0 Å². The lowest BCUT2D eigenvalue weighted by Crippen LogP contribution is -2.27. The van der Waals surface area contributed by atoms with Gasteiger partial charge in [0.1, 0.15) is 5.82 Å². The fourth-order valence-electron chi connectivity index (χ4n) is 2.09. The zero-order valence-corrected chi connectivity index (χ0v) is 13.5. The van der Waals surface area contributed by atoms with Crippen molar-refractivity contribution < 1.29 is 17.6 Å². The Kier molecular flexibility index (Phi) is 5.12. The summed E-state index contributed by atoms with van der Waals surface area (Å²) in [5.41, 5.74) is 1.25. The van der Waals surface area contributed by atoms with Crippen LogP contribution in [0.5, 0.6) is 0 Å². The van der Waals surface area contributed by atoms with Crippen LogP contribution in [-0.4, -0.2) is 14.3 Å². The first-order valence-corrected chi connectivity index (χ1v) is 8.42. The van der Waals surface area contributed by atoms with Crippen molar-refractivity contribution in [3.63, 3.8) is 0 Å². The third-order valence-electron chi connectivity index (χ3n) is 3.15. The number of amides is 1. The van der Waals surface area contributed by atoms with Gasteiger partial charge in [-0.05, 0) is 42.8 Å². The maximum atomic E-state index is 13.2. The molecule has 0 aliphatic heterocycles. The van der Waals surface area contributed by atoms with Gasteiger partial charge in [0.2, 0.25) is 15.9 Å². The van der Waals surface area contributed by atoms with E-state index in [4.69, 9.17) is 0 Å². The van der Waals surface area contributed by atoms with E-state index in [2.05, 4.69) is 10.0 Å². The Morgan fingerprint density at radius 2 is 1.83 bits per heavy atom. The molecule has 0 bridgehead atoms. The molecule has 2 rings (SSSR count). The number of nitrogens with one attached hydrogen (secondary N) is 2. The summed E-state index contributed by atoms with van der Waals surface area (Å²) in [6.45, 7) is 3.06. The lowest BCUT2D eigenvalue weighted by molar-refractivity contribution is -0.114. The van der Waals surface area contributed by atoms with Crippen LogP contribution in [0.4, 0.5) is 10.1 Å². The minimum atomic E-state index is -3.84. The highest BCUT2D eigenvalue weighted by atomic mass is 32.2. The zero-order valence-electron chi connectivity index (χ0n) is 12.7. The normalized spacial score (nSPS) is 12.7. The van der Waals surface area contributed by atoms with E-state index in [1.807, 2.05) is 0 Å². The van der Waals surface area contributed by atoms with Crippen LogP contribution >= 0.6 is 0 Å². The van der Waals surface area contributed by atoms with Crippen LogP contribution in [0, 0.1) is 5.82 Å². The summed E-state index contributed by atoms with van der Waals surface area (Å²) in [7, 11) is -3.84. The van der Waals surface area contributed by atoms with Crippen LogP contribution in [0.2, 0.25) is 0 Å². The molecule has 0 aliphatic rings. The molecule has 1 unspecified atom stereocenters. The molecule has 23 heavy (non-hydrogen) atoms. The molecule has 5 nitrogen and oxygen atoms in total. The van der Waals surface area contributed by atoms with Crippen molar-refractivity contribution in [3.05, 3.63) is 59.9 Å². The van der Waals surface area contributed by atoms with E-state index in [-0.39, 0.29) is 10.8 Å². The summed E-state index contributed by atoms with van der Waals surface area (Å²) in [5, 5.41) is 2.64. The number of carbonyl (C=O) groups is 1. The summed E-state index contributed by atoms with van der Waals surface area (Å²) in [6.07, 6.45) is 0. The second-order valence-electron chi connectivity index (χ2n) is 5.11. The minimum Gasteiger partial charge on any atom is -0.326 e. The Balaban J connectivity index is 2.21. The zero-order chi connectivity index (χ0) is 17.0. The van der Waals surface area contributed by atoms with Gasteiger partial charge in [-0.1, -0.05) is 18.2 Å². The molecule has 0 radical (unpaired) electrons. The lowest BCUT2D eigenvalue weighted by Gasteiger charge is -2.16. The van der Waals surface area contributed by atoms with Crippen LogP contribution in [0.25, 0.3) is 0 Å². The van der Waals surface area contributed by atoms with E-state index in [1.54, 1.807) is 31.2 Å². The largest absolute Gasteiger partial charge is 0.326 e. The van der Waals surface area contributed by atoms with Crippen LogP contribution in [0.15, 0.2) is 53.4 Å². The van der Waals surface area contributed by atoms with E-state index in [0.717, 1.165) is 6.07 Å². The lowest BCUT2D eigenvalue weighted by atomic mass is 10.1. The summed E-state index contributed by atoms with van der Waals surface area (Å²) in [6, 6.07) is 11.1. The maximum Gasteiger partial charge on any atom is 0.241 e.